The number of hydrogen-bond donors (Lipinski definition) is 0. The van der Waals surface area contributed by atoms with Crippen LogP contribution in [0.1, 0.15) is 10.5 Å². The van der Waals surface area contributed by atoms with Gasteiger partial charge in [0.05, 0.1) is 19.5 Å². The summed E-state index contributed by atoms with van der Waals surface area (Å²) in [6.07, 6.45) is 3.37. The third-order valence-corrected chi connectivity index (χ3v) is 2.22. The molecule has 14 heavy (non-hydrogen) atoms. The Hall–Kier alpha value is -1.36. The molecule has 1 aliphatic heterocycles. The molecule has 0 saturated carbocycles. The third kappa shape index (κ3) is 1.77. The molecule has 2 heterocycles. The highest BCUT2D eigenvalue weighted by atomic mass is 16.5. The molecule has 2 rings (SSSR count). The van der Waals surface area contributed by atoms with Crippen molar-refractivity contribution in [2.45, 2.75) is 0 Å². The molecule has 5 heteroatoms. The molecule has 1 aromatic rings. The molecular formula is C9H13N3O2. The predicted molar refractivity (Wildman–Crippen MR) is 49.9 cm³/mol. The van der Waals surface area contributed by atoms with Gasteiger partial charge in [0.25, 0.3) is 5.91 Å². The quantitative estimate of drug-likeness (QED) is 0.628. The Morgan fingerprint density at radius 1 is 1.50 bits per heavy atom. The minimum Gasteiger partial charge on any atom is -0.378 e. The molecule has 1 aromatic heterocycles. The fourth-order valence-corrected chi connectivity index (χ4v) is 1.45. The SMILES string of the molecule is Cn1cnc(C(=O)N2CCOCC2)c1. The second kappa shape index (κ2) is 3.79. The van der Waals surface area contributed by atoms with Gasteiger partial charge in [0.2, 0.25) is 0 Å². The Morgan fingerprint density at radius 2 is 2.21 bits per heavy atom. The zero-order valence-corrected chi connectivity index (χ0v) is 8.14. The van der Waals surface area contributed by atoms with Crippen LogP contribution in [-0.2, 0) is 11.8 Å². The maximum Gasteiger partial charge on any atom is 0.274 e. The van der Waals surface area contributed by atoms with Gasteiger partial charge in [-0.15, -0.1) is 0 Å². The van der Waals surface area contributed by atoms with Crippen molar-refractivity contribution < 1.29 is 9.53 Å². The summed E-state index contributed by atoms with van der Waals surface area (Å²) in [5.74, 6) is -0.00565. The van der Waals surface area contributed by atoms with Crippen molar-refractivity contribution in [1.29, 1.82) is 0 Å². The Labute approximate surface area is 82.3 Å². The van der Waals surface area contributed by atoms with E-state index in [9.17, 15) is 4.79 Å². The van der Waals surface area contributed by atoms with Crippen LogP contribution in [-0.4, -0.2) is 46.7 Å². The van der Waals surface area contributed by atoms with Gasteiger partial charge in [0.1, 0.15) is 5.69 Å². The van der Waals surface area contributed by atoms with Crippen molar-refractivity contribution in [3.63, 3.8) is 0 Å². The fraction of sp³-hybridized carbons (Fsp3) is 0.556. The number of hydrogen-bond acceptors (Lipinski definition) is 3. The molecule has 0 aliphatic carbocycles. The van der Waals surface area contributed by atoms with Crippen molar-refractivity contribution in [2.75, 3.05) is 26.3 Å². The number of ether oxygens (including phenoxy) is 1. The zero-order chi connectivity index (χ0) is 9.97. The molecule has 0 unspecified atom stereocenters. The molecule has 0 spiro atoms. The first-order chi connectivity index (χ1) is 6.77. The van der Waals surface area contributed by atoms with Gasteiger partial charge in [-0.25, -0.2) is 4.98 Å². The highest BCUT2D eigenvalue weighted by molar-refractivity contribution is 5.92. The van der Waals surface area contributed by atoms with Crippen molar-refractivity contribution in [2.24, 2.45) is 7.05 Å². The van der Waals surface area contributed by atoms with Crippen LogP contribution in [0.15, 0.2) is 12.5 Å². The molecule has 1 fully saturated rings. The molecule has 5 nitrogen and oxygen atoms in total. The first kappa shape index (κ1) is 9.21. The number of carbonyl (C=O) groups is 1. The van der Waals surface area contributed by atoms with Crippen molar-refractivity contribution in [3.05, 3.63) is 18.2 Å². The summed E-state index contributed by atoms with van der Waals surface area (Å²) in [7, 11) is 1.85. The van der Waals surface area contributed by atoms with Crippen molar-refractivity contribution >= 4 is 5.91 Å². The lowest BCUT2D eigenvalue weighted by molar-refractivity contribution is 0.0299. The molecule has 1 saturated heterocycles. The summed E-state index contributed by atoms with van der Waals surface area (Å²) >= 11 is 0. The van der Waals surface area contributed by atoms with Gasteiger partial charge in [-0.2, -0.15) is 0 Å². The van der Waals surface area contributed by atoms with Crippen LogP contribution in [0.4, 0.5) is 0 Å². The topological polar surface area (TPSA) is 47.4 Å². The molecule has 0 radical (unpaired) electrons. The van der Waals surface area contributed by atoms with E-state index in [0.717, 1.165) is 0 Å². The molecule has 0 aromatic carbocycles. The normalized spacial score (nSPS) is 17.1. The average Bonchev–Trinajstić information content (AvgIpc) is 2.65. The molecular weight excluding hydrogens is 182 g/mol. The lowest BCUT2D eigenvalue weighted by Gasteiger charge is -2.25. The highest BCUT2D eigenvalue weighted by Gasteiger charge is 2.19. The molecule has 1 amide bonds. The van der Waals surface area contributed by atoms with E-state index in [2.05, 4.69) is 4.98 Å². The van der Waals surface area contributed by atoms with E-state index in [1.807, 2.05) is 7.05 Å². The number of nitrogens with zero attached hydrogens (tertiary/aromatic N) is 3. The van der Waals surface area contributed by atoms with Crippen LogP contribution < -0.4 is 0 Å². The average molecular weight is 195 g/mol. The van der Waals surface area contributed by atoms with Gasteiger partial charge in [-0.05, 0) is 0 Å². The number of aryl methyl sites for hydroxylation is 1. The van der Waals surface area contributed by atoms with Crippen molar-refractivity contribution in [1.82, 2.24) is 14.5 Å². The maximum atomic E-state index is 11.8. The third-order valence-electron chi connectivity index (χ3n) is 2.22. The van der Waals surface area contributed by atoms with Crippen LogP contribution in [0.25, 0.3) is 0 Å². The molecule has 0 atom stereocenters. The summed E-state index contributed by atoms with van der Waals surface area (Å²) in [5.41, 5.74) is 0.509. The van der Waals surface area contributed by atoms with E-state index in [1.165, 1.54) is 0 Å². The fourth-order valence-electron chi connectivity index (χ4n) is 1.45. The van der Waals surface area contributed by atoms with E-state index < -0.39 is 0 Å². The number of carbonyl (C=O) groups excluding carboxylic acids is 1. The van der Waals surface area contributed by atoms with E-state index >= 15 is 0 Å². The van der Waals surface area contributed by atoms with Gasteiger partial charge in [0, 0.05) is 26.3 Å². The van der Waals surface area contributed by atoms with Crippen molar-refractivity contribution in [3.8, 4) is 0 Å². The van der Waals surface area contributed by atoms with Crippen LogP contribution in [0.2, 0.25) is 0 Å². The Morgan fingerprint density at radius 3 is 2.79 bits per heavy atom. The first-order valence-electron chi connectivity index (χ1n) is 4.62. The highest BCUT2D eigenvalue weighted by Crippen LogP contribution is 2.04. The predicted octanol–water partition coefficient (Wildman–Crippen LogP) is -0.108. The van der Waals surface area contributed by atoms with Crippen LogP contribution >= 0.6 is 0 Å². The molecule has 76 valence electrons. The van der Waals surface area contributed by atoms with E-state index in [1.54, 1.807) is 22.0 Å². The van der Waals surface area contributed by atoms with E-state index in [4.69, 9.17) is 4.74 Å². The van der Waals surface area contributed by atoms with E-state index in [0.29, 0.717) is 32.0 Å². The van der Waals surface area contributed by atoms with Gasteiger partial charge in [-0.3, -0.25) is 4.79 Å². The van der Waals surface area contributed by atoms with Gasteiger partial charge < -0.3 is 14.2 Å². The Kier molecular flexibility index (Phi) is 2.49. The maximum absolute atomic E-state index is 11.8. The monoisotopic (exact) mass is 195 g/mol. The van der Waals surface area contributed by atoms with Gasteiger partial charge >= 0.3 is 0 Å². The first-order valence-corrected chi connectivity index (χ1v) is 4.62. The number of amides is 1. The molecule has 0 N–H and O–H groups in total. The molecule has 0 bridgehead atoms. The number of morpholine rings is 1. The minimum absolute atomic E-state index is 0.00565. The number of rotatable bonds is 1. The van der Waals surface area contributed by atoms with Gasteiger partial charge in [0.15, 0.2) is 0 Å². The largest absolute Gasteiger partial charge is 0.378 e. The summed E-state index contributed by atoms with van der Waals surface area (Å²) in [6.45, 7) is 2.57. The lowest BCUT2D eigenvalue weighted by Crippen LogP contribution is -2.40. The summed E-state index contributed by atoms with van der Waals surface area (Å²) in [5, 5.41) is 0. The van der Waals surface area contributed by atoms with Gasteiger partial charge in [-0.1, -0.05) is 0 Å². The second-order valence-corrected chi connectivity index (χ2v) is 3.33. The Balaban J connectivity index is 2.07. The lowest BCUT2D eigenvalue weighted by atomic mass is 10.3. The van der Waals surface area contributed by atoms with Crippen LogP contribution in [0.3, 0.4) is 0 Å². The Bertz CT molecular complexity index is 329. The number of imidazole rings is 1. The second-order valence-electron chi connectivity index (χ2n) is 3.33. The summed E-state index contributed by atoms with van der Waals surface area (Å²) < 4.78 is 6.94. The van der Waals surface area contributed by atoms with E-state index in [-0.39, 0.29) is 5.91 Å². The number of aromatic nitrogens is 2. The summed E-state index contributed by atoms with van der Waals surface area (Å²) in [4.78, 5) is 17.6. The molecule has 1 aliphatic rings. The zero-order valence-electron chi connectivity index (χ0n) is 8.14. The van der Waals surface area contributed by atoms with Crippen LogP contribution in [0.5, 0.6) is 0 Å². The standard InChI is InChI=1S/C9H13N3O2/c1-11-6-8(10-7-11)9(13)12-2-4-14-5-3-12/h6-7H,2-5H2,1H3. The minimum atomic E-state index is -0.00565. The smallest absolute Gasteiger partial charge is 0.274 e. The van der Waals surface area contributed by atoms with Crippen LogP contribution in [0, 0.1) is 0 Å². The summed E-state index contributed by atoms with van der Waals surface area (Å²) in [6, 6.07) is 0.